The third-order valence-electron chi connectivity index (χ3n) is 1.86. The van der Waals surface area contributed by atoms with Gasteiger partial charge in [0, 0.05) is 13.7 Å². The Morgan fingerprint density at radius 2 is 2.40 bits per heavy atom. The molecule has 1 heterocycles. The fraction of sp³-hybridized carbons (Fsp3) is 0.556. The van der Waals surface area contributed by atoms with E-state index in [-0.39, 0.29) is 5.28 Å². The Balaban J connectivity index is 2.53. The monoisotopic (exact) mass is 230 g/mol. The molecule has 1 aromatic rings. The maximum atomic E-state index is 5.67. The number of nitrogens with two attached hydrogens (primary N) is 1. The highest BCUT2D eigenvalue weighted by Gasteiger charge is 2.05. The first-order chi connectivity index (χ1) is 7.13. The van der Waals surface area contributed by atoms with Gasteiger partial charge >= 0.3 is 0 Å². The summed E-state index contributed by atoms with van der Waals surface area (Å²) in [5, 5.41) is 3.28. The second kappa shape index (κ2) is 5.72. The number of aromatic nitrogens is 2. The second-order valence-corrected chi connectivity index (χ2v) is 3.72. The van der Waals surface area contributed by atoms with E-state index in [0.29, 0.717) is 24.0 Å². The molecule has 0 amide bonds. The van der Waals surface area contributed by atoms with Crippen LogP contribution < -0.4 is 11.1 Å². The van der Waals surface area contributed by atoms with Crippen molar-refractivity contribution in [3.8, 4) is 0 Å². The van der Waals surface area contributed by atoms with Crippen LogP contribution in [0.4, 0.5) is 11.5 Å². The van der Waals surface area contributed by atoms with Gasteiger partial charge in [0.1, 0.15) is 0 Å². The van der Waals surface area contributed by atoms with Crippen LogP contribution in [0.25, 0.3) is 0 Å². The molecular formula is C9H15ClN4O. The van der Waals surface area contributed by atoms with E-state index in [9.17, 15) is 0 Å². The number of hydrogen-bond acceptors (Lipinski definition) is 5. The molecule has 0 aliphatic rings. The van der Waals surface area contributed by atoms with Gasteiger partial charge < -0.3 is 15.8 Å². The Morgan fingerprint density at radius 1 is 1.67 bits per heavy atom. The molecular weight excluding hydrogens is 216 g/mol. The first-order valence-electron chi connectivity index (χ1n) is 4.64. The van der Waals surface area contributed by atoms with Gasteiger partial charge in [-0.2, -0.15) is 4.98 Å². The minimum absolute atomic E-state index is 0.186. The molecule has 5 nitrogen and oxygen atoms in total. The second-order valence-electron chi connectivity index (χ2n) is 3.38. The van der Waals surface area contributed by atoms with Crippen molar-refractivity contribution in [2.45, 2.75) is 6.92 Å². The molecule has 1 atom stereocenters. The summed E-state index contributed by atoms with van der Waals surface area (Å²) < 4.78 is 5.02. The summed E-state index contributed by atoms with van der Waals surface area (Å²) in [6, 6.07) is 0. The quantitative estimate of drug-likeness (QED) is 0.749. The van der Waals surface area contributed by atoms with E-state index in [1.807, 2.05) is 0 Å². The van der Waals surface area contributed by atoms with Crippen LogP contribution in [0.15, 0.2) is 6.20 Å². The van der Waals surface area contributed by atoms with E-state index in [4.69, 9.17) is 22.1 Å². The number of rotatable bonds is 5. The standard InChI is InChI=1S/C9H15ClN4O/c1-6(5-15-2)3-12-8-7(11)4-13-9(10)14-8/h4,6H,3,5,11H2,1-2H3,(H,12,13,14). The molecule has 1 aromatic heterocycles. The van der Waals surface area contributed by atoms with Crippen LogP contribution >= 0.6 is 11.6 Å². The van der Waals surface area contributed by atoms with Crippen molar-refractivity contribution in [3.63, 3.8) is 0 Å². The van der Waals surface area contributed by atoms with Crippen molar-refractivity contribution in [2.75, 3.05) is 31.3 Å². The number of nitrogen functional groups attached to an aromatic ring is 1. The zero-order valence-corrected chi connectivity index (χ0v) is 9.58. The Hall–Kier alpha value is -1.07. The van der Waals surface area contributed by atoms with Crippen LogP contribution in [0.2, 0.25) is 5.28 Å². The molecule has 6 heteroatoms. The van der Waals surface area contributed by atoms with Gasteiger partial charge in [0.25, 0.3) is 0 Å². The van der Waals surface area contributed by atoms with Crippen molar-refractivity contribution in [2.24, 2.45) is 5.92 Å². The van der Waals surface area contributed by atoms with Crippen molar-refractivity contribution in [1.29, 1.82) is 0 Å². The number of nitrogens with zero attached hydrogens (tertiary/aromatic N) is 2. The number of nitrogens with one attached hydrogen (secondary N) is 1. The molecule has 0 aliphatic carbocycles. The lowest BCUT2D eigenvalue weighted by Crippen LogP contribution is -2.17. The highest BCUT2D eigenvalue weighted by Crippen LogP contribution is 2.15. The SMILES string of the molecule is COCC(C)CNc1nc(Cl)ncc1N. The van der Waals surface area contributed by atoms with Gasteiger partial charge in [-0.3, -0.25) is 0 Å². The smallest absolute Gasteiger partial charge is 0.224 e. The molecule has 0 radical (unpaired) electrons. The highest BCUT2D eigenvalue weighted by molar-refractivity contribution is 6.28. The molecule has 15 heavy (non-hydrogen) atoms. The molecule has 0 fully saturated rings. The summed E-state index contributed by atoms with van der Waals surface area (Å²) in [7, 11) is 1.67. The lowest BCUT2D eigenvalue weighted by Gasteiger charge is -2.12. The van der Waals surface area contributed by atoms with Crippen LogP contribution in [-0.4, -0.2) is 30.2 Å². The zero-order chi connectivity index (χ0) is 11.3. The molecule has 0 saturated carbocycles. The average Bonchev–Trinajstić information content (AvgIpc) is 2.20. The lowest BCUT2D eigenvalue weighted by molar-refractivity contribution is 0.164. The summed E-state index contributed by atoms with van der Waals surface area (Å²) in [6.45, 7) is 3.48. The zero-order valence-electron chi connectivity index (χ0n) is 8.83. The van der Waals surface area contributed by atoms with E-state index < -0.39 is 0 Å². The first kappa shape index (κ1) is 12.0. The van der Waals surface area contributed by atoms with Gasteiger partial charge in [-0.15, -0.1) is 0 Å². The molecule has 0 spiro atoms. The van der Waals surface area contributed by atoms with Crippen molar-refractivity contribution >= 4 is 23.1 Å². The van der Waals surface area contributed by atoms with Crippen LogP contribution in [0.3, 0.4) is 0 Å². The van der Waals surface area contributed by atoms with E-state index in [1.165, 1.54) is 6.20 Å². The molecule has 0 aliphatic heterocycles. The maximum Gasteiger partial charge on any atom is 0.224 e. The molecule has 1 rings (SSSR count). The normalized spacial score (nSPS) is 12.5. The molecule has 0 aromatic carbocycles. The average molecular weight is 231 g/mol. The number of anilines is 2. The van der Waals surface area contributed by atoms with Gasteiger partial charge in [-0.1, -0.05) is 6.92 Å². The Labute approximate surface area is 94.0 Å². The van der Waals surface area contributed by atoms with E-state index >= 15 is 0 Å². The molecule has 0 bridgehead atoms. The first-order valence-corrected chi connectivity index (χ1v) is 5.02. The number of ether oxygens (including phenoxy) is 1. The van der Waals surface area contributed by atoms with Gasteiger partial charge in [0.05, 0.1) is 18.5 Å². The Kier molecular flexibility index (Phi) is 4.58. The van der Waals surface area contributed by atoms with Gasteiger partial charge in [-0.05, 0) is 17.5 Å². The Bertz CT molecular complexity index is 321. The lowest BCUT2D eigenvalue weighted by atomic mass is 10.2. The summed E-state index contributed by atoms with van der Waals surface area (Å²) in [5.41, 5.74) is 6.16. The van der Waals surface area contributed by atoms with E-state index in [2.05, 4.69) is 22.2 Å². The third-order valence-corrected chi connectivity index (χ3v) is 2.04. The summed E-state index contributed by atoms with van der Waals surface area (Å²) in [5.74, 6) is 0.945. The van der Waals surface area contributed by atoms with Crippen LogP contribution in [0.5, 0.6) is 0 Å². The third kappa shape index (κ3) is 3.89. The summed E-state index contributed by atoms with van der Waals surface area (Å²) in [6.07, 6.45) is 1.48. The summed E-state index contributed by atoms with van der Waals surface area (Å²) >= 11 is 5.65. The van der Waals surface area contributed by atoms with Crippen molar-refractivity contribution < 1.29 is 4.74 Å². The highest BCUT2D eigenvalue weighted by atomic mass is 35.5. The Morgan fingerprint density at radius 3 is 3.07 bits per heavy atom. The minimum Gasteiger partial charge on any atom is -0.394 e. The predicted molar refractivity (Wildman–Crippen MR) is 61.0 cm³/mol. The number of methoxy groups -OCH3 is 1. The molecule has 84 valence electrons. The van der Waals surface area contributed by atoms with Gasteiger partial charge in [-0.25, -0.2) is 4.98 Å². The van der Waals surface area contributed by atoms with Crippen molar-refractivity contribution in [3.05, 3.63) is 11.5 Å². The topological polar surface area (TPSA) is 73.1 Å². The molecule has 0 saturated heterocycles. The van der Waals surface area contributed by atoms with E-state index in [0.717, 1.165) is 6.54 Å². The number of halogens is 1. The molecule has 1 unspecified atom stereocenters. The predicted octanol–water partition coefficient (Wildman–Crippen LogP) is 1.41. The minimum atomic E-state index is 0.186. The van der Waals surface area contributed by atoms with Crippen molar-refractivity contribution in [1.82, 2.24) is 9.97 Å². The fourth-order valence-corrected chi connectivity index (χ4v) is 1.26. The fourth-order valence-electron chi connectivity index (χ4n) is 1.13. The maximum absolute atomic E-state index is 5.67. The number of hydrogen-bond donors (Lipinski definition) is 2. The van der Waals surface area contributed by atoms with Crippen LogP contribution in [0.1, 0.15) is 6.92 Å². The van der Waals surface area contributed by atoms with Gasteiger partial charge in [0.2, 0.25) is 5.28 Å². The van der Waals surface area contributed by atoms with Gasteiger partial charge in [0.15, 0.2) is 5.82 Å². The van der Waals surface area contributed by atoms with E-state index in [1.54, 1.807) is 7.11 Å². The van der Waals surface area contributed by atoms with Crippen LogP contribution in [-0.2, 0) is 4.74 Å². The molecule has 3 N–H and O–H groups in total. The largest absolute Gasteiger partial charge is 0.394 e. The summed E-state index contributed by atoms with van der Waals surface area (Å²) in [4.78, 5) is 7.75. The van der Waals surface area contributed by atoms with Crippen LogP contribution in [0, 0.1) is 5.92 Å².